The Hall–Kier alpha value is -2.93. The minimum Gasteiger partial charge on any atom is -0.492 e. The van der Waals surface area contributed by atoms with Crippen molar-refractivity contribution in [3.8, 4) is 17.1 Å². The van der Waals surface area contributed by atoms with E-state index in [1.807, 2.05) is 66.9 Å². The summed E-state index contributed by atoms with van der Waals surface area (Å²) in [5.41, 5.74) is 3.30. The van der Waals surface area contributed by atoms with Crippen LogP contribution < -0.4 is 10.1 Å². The van der Waals surface area contributed by atoms with Gasteiger partial charge in [-0.2, -0.15) is 5.10 Å². The molecule has 0 aliphatic carbocycles. The van der Waals surface area contributed by atoms with Crippen LogP contribution in [-0.4, -0.2) is 33.8 Å². The summed E-state index contributed by atoms with van der Waals surface area (Å²) in [5.74, 6) is 1.49. The quantitative estimate of drug-likeness (QED) is 0.449. The molecular formula is C21H24N4O2S. The number of nitrogens with one attached hydrogen (secondary N) is 2. The number of ether oxygens (including phenoxy) is 1. The van der Waals surface area contributed by atoms with Crippen LogP contribution in [0.1, 0.15) is 17.5 Å². The predicted molar refractivity (Wildman–Crippen MR) is 112 cm³/mol. The van der Waals surface area contributed by atoms with Gasteiger partial charge in [-0.1, -0.05) is 41.5 Å². The molecule has 3 aromatic rings. The van der Waals surface area contributed by atoms with Gasteiger partial charge in [0, 0.05) is 18.5 Å². The van der Waals surface area contributed by atoms with Gasteiger partial charge in [0.1, 0.15) is 12.4 Å². The Balaban J connectivity index is 1.49. The third-order valence-electron chi connectivity index (χ3n) is 4.31. The van der Waals surface area contributed by atoms with Gasteiger partial charge < -0.3 is 10.1 Å². The molecule has 0 saturated heterocycles. The smallest absolute Gasteiger partial charge is 0.221 e. The molecule has 1 amide bonds. The summed E-state index contributed by atoms with van der Waals surface area (Å²) < 4.78 is 7.98. The second kappa shape index (κ2) is 9.32. The van der Waals surface area contributed by atoms with Crippen molar-refractivity contribution in [2.75, 3.05) is 13.2 Å². The molecule has 28 heavy (non-hydrogen) atoms. The Bertz CT molecular complexity index is 992. The fraction of sp³-hybridized carbons (Fsp3) is 0.286. The summed E-state index contributed by atoms with van der Waals surface area (Å²) in [6.07, 6.45) is 0.317. The van der Waals surface area contributed by atoms with Gasteiger partial charge >= 0.3 is 0 Å². The molecule has 0 spiro atoms. The number of amides is 1. The van der Waals surface area contributed by atoms with E-state index in [1.165, 1.54) is 5.56 Å². The maximum atomic E-state index is 12.2. The zero-order valence-electron chi connectivity index (χ0n) is 16.1. The monoisotopic (exact) mass is 396 g/mol. The molecule has 3 rings (SSSR count). The molecule has 0 aliphatic rings. The first-order chi connectivity index (χ1) is 13.5. The van der Waals surface area contributed by atoms with Gasteiger partial charge in [0.25, 0.3) is 0 Å². The van der Waals surface area contributed by atoms with Crippen molar-refractivity contribution >= 4 is 18.1 Å². The van der Waals surface area contributed by atoms with E-state index in [9.17, 15) is 4.79 Å². The lowest BCUT2D eigenvalue weighted by atomic mass is 10.1. The summed E-state index contributed by atoms with van der Waals surface area (Å²) >= 11 is 5.32. The average Bonchev–Trinajstić information content (AvgIpc) is 3.05. The summed E-state index contributed by atoms with van der Waals surface area (Å²) in [5, 5.41) is 10.0. The van der Waals surface area contributed by atoms with Crippen molar-refractivity contribution < 1.29 is 9.53 Å². The summed E-state index contributed by atoms with van der Waals surface area (Å²) in [7, 11) is 0. The summed E-state index contributed by atoms with van der Waals surface area (Å²) in [6, 6.07) is 15.9. The van der Waals surface area contributed by atoms with Crippen LogP contribution in [-0.2, 0) is 11.3 Å². The van der Waals surface area contributed by atoms with E-state index in [2.05, 4.69) is 15.5 Å². The molecule has 146 valence electrons. The first-order valence-corrected chi connectivity index (χ1v) is 9.62. The number of aromatic amines is 1. The second-order valence-electron chi connectivity index (χ2n) is 6.63. The lowest BCUT2D eigenvalue weighted by Crippen LogP contribution is -2.28. The zero-order chi connectivity index (χ0) is 19.9. The normalized spacial score (nSPS) is 10.6. The molecule has 0 fully saturated rings. The maximum Gasteiger partial charge on any atom is 0.221 e. The molecule has 0 radical (unpaired) electrons. The highest BCUT2D eigenvalue weighted by Crippen LogP contribution is 2.18. The van der Waals surface area contributed by atoms with Crippen LogP contribution in [0.25, 0.3) is 11.4 Å². The van der Waals surface area contributed by atoms with Crippen molar-refractivity contribution in [3.63, 3.8) is 0 Å². The van der Waals surface area contributed by atoms with Gasteiger partial charge in [0.05, 0.1) is 6.54 Å². The van der Waals surface area contributed by atoms with Crippen LogP contribution in [0.2, 0.25) is 0 Å². The van der Waals surface area contributed by atoms with Crippen molar-refractivity contribution in [1.29, 1.82) is 0 Å². The molecular weight excluding hydrogens is 372 g/mol. The SMILES string of the molecule is Cc1ccc(OCCNC(=O)CCn2c(-c3cccc(C)c3)n[nH]c2=S)cc1. The first kappa shape index (κ1) is 19.8. The lowest BCUT2D eigenvalue weighted by Gasteiger charge is -2.09. The molecule has 6 nitrogen and oxygen atoms in total. The fourth-order valence-electron chi connectivity index (χ4n) is 2.83. The Kier molecular flexibility index (Phi) is 6.60. The van der Waals surface area contributed by atoms with E-state index in [4.69, 9.17) is 17.0 Å². The van der Waals surface area contributed by atoms with Crippen molar-refractivity contribution in [1.82, 2.24) is 20.1 Å². The molecule has 0 unspecified atom stereocenters. The summed E-state index contributed by atoms with van der Waals surface area (Å²) in [6.45, 7) is 5.40. The Morgan fingerprint density at radius 2 is 1.96 bits per heavy atom. The number of rotatable bonds is 8. The zero-order valence-corrected chi connectivity index (χ0v) is 16.9. The molecule has 0 atom stereocenters. The van der Waals surface area contributed by atoms with Gasteiger partial charge in [-0.25, -0.2) is 0 Å². The average molecular weight is 397 g/mol. The van der Waals surface area contributed by atoms with E-state index < -0.39 is 0 Å². The van der Waals surface area contributed by atoms with E-state index in [-0.39, 0.29) is 5.91 Å². The highest BCUT2D eigenvalue weighted by Gasteiger charge is 2.10. The molecule has 1 heterocycles. The molecule has 2 aromatic carbocycles. The van der Waals surface area contributed by atoms with Crippen molar-refractivity contribution in [3.05, 3.63) is 64.4 Å². The number of H-pyrrole nitrogens is 1. The number of aryl methyl sites for hydroxylation is 2. The first-order valence-electron chi connectivity index (χ1n) is 9.21. The van der Waals surface area contributed by atoms with E-state index in [0.29, 0.717) is 30.9 Å². The van der Waals surface area contributed by atoms with Crippen LogP contribution in [0.3, 0.4) is 0 Å². The van der Waals surface area contributed by atoms with Gasteiger partial charge in [0.15, 0.2) is 10.6 Å². The van der Waals surface area contributed by atoms with Crippen LogP contribution in [0, 0.1) is 18.6 Å². The number of hydrogen-bond acceptors (Lipinski definition) is 4. The highest BCUT2D eigenvalue weighted by atomic mass is 32.1. The number of carbonyl (C=O) groups excluding carboxylic acids is 1. The topological polar surface area (TPSA) is 71.9 Å². The highest BCUT2D eigenvalue weighted by molar-refractivity contribution is 7.71. The van der Waals surface area contributed by atoms with E-state index in [0.717, 1.165) is 22.7 Å². The molecule has 1 aromatic heterocycles. The third kappa shape index (κ3) is 5.29. The Labute approximate surface area is 169 Å². The Morgan fingerprint density at radius 1 is 1.18 bits per heavy atom. The minimum atomic E-state index is -0.0502. The molecule has 7 heteroatoms. The van der Waals surface area contributed by atoms with E-state index in [1.54, 1.807) is 0 Å². The minimum absolute atomic E-state index is 0.0502. The second-order valence-corrected chi connectivity index (χ2v) is 7.02. The number of aromatic nitrogens is 3. The number of carbonyl (C=O) groups is 1. The molecule has 0 aliphatic heterocycles. The van der Waals surface area contributed by atoms with Crippen molar-refractivity contribution in [2.24, 2.45) is 0 Å². The van der Waals surface area contributed by atoms with Gasteiger partial charge in [-0.05, 0) is 44.3 Å². The lowest BCUT2D eigenvalue weighted by molar-refractivity contribution is -0.121. The number of benzene rings is 2. The number of nitrogens with zero attached hydrogens (tertiary/aromatic N) is 2. The van der Waals surface area contributed by atoms with Crippen LogP contribution in [0.4, 0.5) is 0 Å². The van der Waals surface area contributed by atoms with E-state index >= 15 is 0 Å². The molecule has 0 saturated carbocycles. The molecule has 2 N–H and O–H groups in total. The predicted octanol–water partition coefficient (Wildman–Crippen LogP) is 3.81. The largest absolute Gasteiger partial charge is 0.492 e. The Morgan fingerprint density at radius 3 is 2.71 bits per heavy atom. The fourth-order valence-corrected chi connectivity index (χ4v) is 3.05. The standard InChI is InChI=1S/C21H24N4O2S/c1-15-6-8-18(9-7-15)27-13-11-22-19(26)10-12-25-20(23-24-21(25)28)17-5-3-4-16(2)14-17/h3-9,14H,10-13H2,1-2H3,(H,22,26)(H,24,28). The maximum absolute atomic E-state index is 12.2. The third-order valence-corrected chi connectivity index (χ3v) is 4.62. The van der Waals surface area contributed by atoms with Crippen LogP contribution in [0.15, 0.2) is 48.5 Å². The van der Waals surface area contributed by atoms with Crippen LogP contribution >= 0.6 is 12.2 Å². The number of hydrogen-bond donors (Lipinski definition) is 2. The van der Waals surface area contributed by atoms with Crippen molar-refractivity contribution in [2.45, 2.75) is 26.8 Å². The van der Waals surface area contributed by atoms with Crippen LogP contribution in [0.5, 0.6) is 5.75 Å². The molecule has 0 bridgehead atoms. The van der Waals surface area contributed by atoms with Gasteiger partial charge in [-0.15, -0.1) is 0 Å². The van der Waals surface area contributed by atoms with Gasteiger partial charge in [-0.3, -0.25) is 14.5 Å². The van der Waals surface area contributed by atoms with Gasteiger partial charge in [0.2, 0.25) is 5.91 Å². The summed E-state index contributed by atoms with van der Waals surface area (Å²) in [4.78, 5) is 12.2.